The van der Waals surface area contributed by atoms with Crippen LogP contribution >= 0.6 is 23.2 Å². The Kier molecular flexibility index (Phi) is 9.67. The SMILES string of the molecule is COc1ccc(CC(C)(C)NC[C@@H](O)COc2cccc(S(=O)(=O)NC3CNC(Cl)C3Cl)c2)cc1. The van der Waals surface area contributed by atoms with Crippen LogP contribution in [0.5, 0.6) is 11.5 Å². The van der Waals surface area contributed by atoms with Crippen LogP contribution in [0.25, 0.3) is 0 Å². The summed E-state index contributed by atoms with van der Waals surface area (Å²) in [5.41, 5.74) is 0.388. The molecule has 1 heterocycles. The average molecular weight is 547 g/mol. The lowest BCUT2D eigenvalue weighted by Gasteiger charge is -2.28. The van der Waals surface area contributed by atoms with Crippen LogP contribution in [-0.2, 0) is 16.4 Å². The first-order valence-corrected chi connectivity index (χ1v) is 13.7. The second-order valence-corrected chi connectivity index (χ2v) is 11.9. The number of halogens is 2. The van der Waals surface area contributed by atoms with Crippen molar-refractivity contribution in [1.82, 2.24) is 15.4 Å². The Morgan fingerprint density at radius 3 is 2.51 bits per heavy atom. The predicted octanol–water partition coefficient (Wildman–Crippen LogP) is 2.47. The lowest BCUT2D eigenvalue weighted by atomic mass is 9.94. The second-order valence-electron chi connectivity index (χ2n) is 9.21. The highest BCUT2D eigenvalue weighted by Crippen LogP contribution is 2.22. The van der Waals surface area contributed by atoms with E-state index in [0.29, 0.717) is 18.8 Å². The summed E-state index contributed by atoms with van der Waals surface area (Å²) >= 11 is 12.2. The van der Waals surface area contributed by atoms with Crippen molar-refractivity contribution in [3.05, 3.63) is 54.1 Å². The maximum atomic E-state index is 12.8. The molecule has 3 unspecified atom stereocenters. The molecule has 1 saturated heterocycles. The van der Waals surface area contributed by atoms with Gasteiger partial charge in [-0.25, -0.2) is 13.1 Å². The van der Waals surface area contributed by atoms with Crippen LogP contribution in [0.2, 0.25) is 0 Å². The van der Waals surface area contributed by atoms with Crippen molar-refractivity contribution >= 4 is 33.2 Å². The zero-order valence-corrected chi connectivity index (χ0v) is 22.3. The van der Waals surface area contributed by atoms with E-state index in [1.807, 2.05) is 24.3 Å². The Bertz CT molecular complexity index is 1070. The second kappa shape index (κ2) is 12.1. The molecule has 8 nitrogen and oxygen atoms in total. The summed E-state index contributed by atoms with van der Waals surface area (Å²) < 4.78 is 39.0. The zero-order valence-electron chi connectivity index (χ0n) is 20.0. The third-order valence-corrected chi connectivity index (χ3v) is 8.28. The Hall–Kier alpha value is -1.59. The molecule has 1 aliphatic rings. The van der Waals surface area contributed by atoms with Gasteiger partial charge in [0.05, 0.1) is 23.4 Å². The summed E-state index contributed by atoms with van der Waals surface area (Å²) in [6.45, 7) is 4.78. The number of aliphatic hydroxyl groups excluding tert-OH is 1. The van der Waals surface area contributed by atoms with E-state index < -0.39 is 33.0 Å². The van der Waals surface area contributed by atoms with E-state index in [2.05, 4.69) is 29.2 Å². The minimum atomic E-state index is -3.82. The molecular formula is C24H33Cl2N3O5S. The van der Waals surface area contributed by atoms with Crippen LogP contribution in [0.15, 0.2) is 53.4 Å². The number of nitrogens with one attached hydrogen (secondary N) is 3. The lowest BCUT2D eigenvalue weighted by molar-refractivity contribution is 0.0987. The predicted molar refractivity (Wildman–Crippen MR) is 138 cm³/mol. The molecule has 35 heavy (non-hydrogen) atoms. The monoisotopic (exact) mass is 545 g/mol. The molecule has 0 bridgehead atoms. The smallest absolute Gasteiger partial charge is 0.241 e. The number of ether oxygens (including phenoxy) is 2. The highest BCUT2D eigenvalue weighted by Gasteiger charge is 2.36. The molecular weight excluding hydrogens is 513 g/mol. The number of rotatable bonds is 12. The van der Waals surface area contributed by atoms with Crippen molar-refractivity contribution < 1.29 is 23.0 Å². The van der Waals surface area contributed by atoms with Gasteiger partial charge in [0, 0.05) is 24.7 Å². The van der Waals surface area contributed by atoms with E-state index in [0.717, 1.165) is 17.7 Å². The van der Waals surface area contributed by atoms with Crippen LogP contribution in [0.4, 0.5) is 0 Å². The first kappa shape index (κ1) is 28.0. The molecule has 0 saturated carbocycles. The zero-order chi connectivity index (χ0) is 25.6. The van der Waals surface area contributed by atoms with Gasteiger partial charge in [-0.2, -0.15) is 0 Å². The molecule has 4 N–H and O–H groups in total. The van der Waals surface area contributed by atoms with E-state index >= 15 is 0 Å². The summed E-state index contributed by atoms with van der Waals surface area (Å²) in [5.74, 6) is 1.15. The standard InChI is InChI=1S/C24H33Cl2N3O5S/c1-24(2,12-16-7-9-18(33-3)10-8-16)28-13-17(30)15-34-19-5-4-6-20(11-19)35(31,32)29-21-14-27-23(26)22(21)25/h4-11,17,21-23,27-30H,12-15H2,1-3H3/t17-,21?,22?,23?/m1/s1. The molecule has 2 aromatic carbocycles. The summed E-state index contributed by atoms with van der Waals surface area (Å²) in [6, 6.07) is 13.5. The van der Waals surface area contributed by atoms with Gasteiger partial charge in [-0.15, -0.1) is 23.2 Å². The fraction of sp³-hybridized carbons (Fsp3) is 0.500. The third kappa shape index (κ3) is 8.21. The van der Waals surface area contributed by atoms with Crippen LogP contribution < -0.4 is 24.8 Å². The lowest BCUT2D eigenvalue weighted by Crippen LogP contribution is -2.46. The molecule has 0 aliphatic carbocycles. The molecule has 0 amide bonds. The molecule has 4 atom stereocenters. The number of aliphatic hydroxyl groups is 1. The number of β-amino-alcohol motifs (C(OH)–C–C–N with tert-alkyl or cyclic N) is 1. The number of sulfonamides is 1. The number of benzene rings is 2. The largest absolute Gasteiger partial charge is 0.497 e. The Morgan fingerprint density at radius 1 is 1.17 bits per heavy atom. The molecule has 0 spiro atoms. The summed E-state index contributed by atoms with van der Waals surface area (Å²) in [5, 5.41) is 16.1. The Morgan fingerprint density at radius 2 is 1.89 bits per heavy atom. The molecule has 0 aromatic heterocycles. The van der Waals surface area contributed by atoms with Gasteiger partial charge in [-0.1, -0.05) is 18.2 Å². The van der Waals surface area contributed by atoms with Crippen molar-refractivity contribution in [3.63, 3.8) is 0 Å². The molecule has 194 valence electrons. The van der Waals surface area contributed by atoms with Crippen molar-refractivity contribution in [2.75, 3.05) is 26.8 Å². The fourth-order valence-electron chi connectivity index (χ4n) is 3.74. The van der Waals surface area contributed by atoms with Gasteiger partial charge in [0.25, 0.3) is 0 Å². The fourth-order valence-corrected chi connectivity index (χ4v) is 5.61. The van der Waals surface area contributed by atoms with Crippen molar-refractivity contribution in [2.45, 2.75) is 53.7 Å². The Balaban J connectivity index is 1.49. The van der Waals surface area contributed by atoms with E-state index in [1.54, 1.807) is 19.2 Å². The van der Waals surface area contributed by atoms with Gasteiger partial charge in [0.2, 0.25) is 10.0 Å². The number of hydrogen-bond acceptors (Lipinski definition) is 7. The normalized spacial score (nSPS) is 21.6. The minimum absolute atomic E-state index is 0.00672. The summed E-state index contributed by atoms with van der Waals surface area (Å²) in [7, 11) is -2.19. The number of alkyl halides is 2. The van der Waals surface area contributed by atoms with Gasteiger partial charge < -0.3 is 19.9 Å². The maximum Gasteiger partial charge on any atom is 0.241 e. The average Bonchev–Trinajstić information content (AvgIpc) is 3.13. The maximum absolute atomic E-state index is 12.8. The molecule has 3 rings (SSSR count). The van der Waals surface area contributed by atoms with E-state index in [9.17, 15) is 13.5 Å². The first-order valence-electron chi connectivity index (χ1n) is 11.3. The molecule has 2 aromatic rings. The molecule has 0 radical (unpaired) electrons. The van der Waals surface area contributed by atoms with Gasteiger partial charge in [0.15, 0.2) is 0 Å². The topological polar surface area (TPSA) is 109 Å². The third-order valence-electron chi connectivity index (χ3n) is 5.68. The van der Waals surface area contributed by atoms with Gasteiger partial charge in [-0.05, 0) is 50.1 Å². The molecule has 1 aliphatic heterocycles. The number of hydrogen-bond donors (Lipinski definition) is 4. The molecule has 1 fully saturated rings. The molecule has 11 heteroatoms. The van der Waals surface area contributed by atoms with Gasteiger partial charge in [-0.3, -0.25) is 5.32 Å². The van der Waals surface area contributed by atoms with Crippen LogP contribution in [-0.4, -0.2) is 68.9 Å². The first-order chi connectivity index (χ1) is 16.5. The quantitative estimate of drug-likeness (QED) is 0.239. The highest BCUT2D eigenvalue weighted by molar-refractivity contribution is 7.89. The van der Waals surface area contributed by atoms with Gasteiger partial charge >= 0.3 is 0 Å². The van der Waals surface area contributed by atoms with Crippen LogP contribution in [0, 0.1) is 0 Å². The highest BCUT2D eigenvalue weighted by atomic mass is 35.5. The number of methoxy groups -OCH3 is 1. The van der Waals surface area contributed by atoms with Crippen molar-refractivity contribution in [2.24, 2.45) is 0 Å². The Labute approximate surface area is 217 Å². The van der Waals surface area contributed by atoms with Crippen LogP contribution in [0.1, 0.15) is 19.4 Å². The van der Waals surface area contributed by atoms with Crippen LogP contribution in [0.3, 0.4) is 0 Å². The van der Waals surface area contributed by atoms with Crippen molar-refractivity contribution in [3.8, 4) is 11.5 Å². The summed E-state index contributed by atoms with van der Waals surface area (Å²) in [4.78, 5) is 0.0464. The van der Waals surface area contributed by atoms with E-state index in [1.165, 1.54) is 12.1 Å². The van der Waals surface area contributed by atoms with Gasteiger partial charge in [0.1, 0.15) is 29.7 Å². The van der Waals surface area contributed by atoms with E-state index in [4.69, 9.17) is 32.7 Å². The van der Waals surface area contributed by atoms with Crippen molar-refractivity contribution in [1.29, 1.82) is 0 Å². The van der Waals surface area contributed by atoms with E-state index in [-0.39, 0.29) is 17.0 Å². The minimum Gasteiger partial charge on any atom is -0.497 e. The summed E-state index contributed by atoms with van der Waals surface area (Å²) in [6.07, 6.45) is -0.0208.